The number of amides is 1. The van der Waals surface area contributed by atoms with Crippen LogP contribution in [0.25, 0.3) is 0 Å². The van der Waals surface area contributed by atoms with Crippen molar-refractivity contribution in [3.05, 3.63) is 29.8 Å². The number of carbonyl (C=O) groups is 1. The molecule has 1 atom stereocenters. The highest BCUT2D eigenvalue weighted by molar-refractivity contribution is 5.80. The number of hydrogen-bond acceptors (Lipinski definition) is 2. The first-order valence-corrected chi connectivity index (χ1v) is 4.98. The predicted molar refractivity (Wildman–Crippen MR) is 53.6 cm³/mol. The van der Waals surface area contributed by atoms with E-state index in [4.69, 9.17) is 0 Å². The molecule has 0 aromatic heterocycles. The number of nitrogens with zero attached hydrogens (tertiary/aromatic N) is 1. The summed E-state index contributed by atoms with van der Waals surface area (Å²) in [5, 5.41) is 3.39. The minimum Gasteiger partial charge on any atom is -0.365 e. The van der Waals surface area contributed by atoms with Gasteiger partial charge in [0.2, 0.25) is 5.91 Å². The summed E-state index contributed by atoms with van der Waals surface area (Å²) in [6, 6.07) is 8.19. The Morgan fingerprint density at radius 2 is 2.21 bits per heavy atom. The first kappa shape index (κ1) is 7.85. The molecule has 2 aliphatic rings. The highest BCUT2D eigenvalue weighted by atomic mass is 16.2. The van der Waals surface area contributed by atoms with E-state index in [1.807, 2.05) is 17.0 Å². The van der Waals surface area contributed by atoms with E-state index in [0.29, 0.717) is 6.42 Å². The second kappa shape index (κ2) is 2.74. The number of para-hydroxylation sites is 1. The van der Waals surface area contributed by atoms with E-state index in [1.165, 1.54) is 11.3 Å². The van der Waals surface area contributed by atoms with Gasteiger partial charge in [-0.1, -0.05) is 18.2 Å². The maximum absolute atomic E-state index is 11.5. The molecular weight excluding hydrogens is 176 g/mol. The fourth-order valence-electron chi connectivity index (χ4n) is 2.24. The van der Waals surface area contributed by atoms with Crippen molar-refractivity contribution in [1.82, 2.24) is 4.90 Å². The van der Waals surface area contributed by atoms with Crippen molar-refractivity contribution in [3.8, 4) is 0 Å². The number of benzene rings is 1. The molecule has 72 valence electrons. The lowest BCUT2D eigenvalue weighted by Crippen LogP contribution is -2.41. The number of nitrogens with one attached hydrogen (secondary N) is 1. The Bertz CT molecular complexity index is 389. The molecule has 0 saturated carbocycles. The van der Waals surface area contributed by atoms with Crippen LogP contribution in [0, 0.1) is 0 Å². The van der Waals surface area contributed by atoms with Crippen LogP contribution in [-0.4, -0.2) is 17.0 Å². The number of fused-ring (bicyclic) bond motifs is 2. The molecule has 2 aliphatic heterocycles. The van der Waals surface area contributed by atoms with Gasteiger partial charge in [0.05, 0.1) is 0 Å². The lowest BCUT2D eigenvalue weighted by Gasteiger charge is -2.32. The normalized spacial score (nSPS) is 24.1. The maximum Gasteiger partial charge on any atom is 0.224 e. The average molecular weight is 188 g/mol. The van der Waals surface area contributed by atoms with Gasteiger partial charge in [0.15, 0.2) is 0 Å². The Morgan fingerprint density at radius 3 is 3.14 bits per heavy atom. The van der Waals surface area contributed by atoms with E-state index in [-0.39, 0.29) is 12.1 Å². The van der Waals surface area contributed by atoms with E-state index >= 15 is 0 Å². The molecule has 1 N–H and O–H groups in total. The molecule has 3 rings (SSSR count). The van der Waals surface area contributed by atoms with Gasteiger partial charge in [-0.05, 0) is 18.1 Å². The fraction of sp³-hybridized carbons (Fsp3) is 0.364. The van der Waals surface area contributed by atoms with Crippen molar-refractivity contribution in [2.75, 3.05) is 5.32 Å². The molecule has 1 aromatic carbocycles. The Labute approximate surface area is 82.7 Å². The van der Waals surface area contributed by atoms with Gasteiger partial charge in [-0.25, -0.2) is 0 Å². The van der Waals surface area contributed by atoms with Crippen molar-refractivity contribution in [2.24, 2.45) is 0 Å². The summed E-state index contributed by atoms with van der Waals surface area (Å²) >= 11 is 0. The third-order valence-corrected chi connectivity index (χ3v) is 3.01. The van der Waals surface area contributed by atoms with E-state index in [0.717, 1.165) is 13.0 Å². The Balaban J connectivity index is 1.99. The molecule has 1 fully saturated rings. The molecule has 2 heterocycles. The summed E-state index contributed by atoms with van der Waals surface area (Å²) in [6.07, 6.45) is 1.86. The van der Waals surface area contributed by atoms with Crippen molar-refractivity contribution >= 4 is 11.6 Å². The summed E-state index contributed by atoms with van der Waals surface area (Å²) < 4.78 is 0. The van der Waals surface area contributed by atoms with Gasteiger partial charge in [0, 0.05) is 18.7 Å². The van der Waals surface area contributed by atoms with Crippen LogP contribution in [0.4, 0.5) is 5.69 Å². The van der Waals surface area contributed by atoms with Gasteiger partial charge in [-0.3, -0.25) is 4.79 Å². The largest absolute Gasteiger partial charge is 0.365 e. The van der Waals surface area contributed by atoms with Crippen molar-refractivity contribution in [2.45, 2.75) is 25.6 Å². The lowest BCUT2D eigenvalue weighted by atomic mass is 10.1. The first-order chi connectivity index (χ1) is 6.84. The molecule has 0 spiro atoms. The van der Waals surface area contributed by atoms with Crippen LogP contribution in [0.2, 0.25) is 0 Å². The monoisotopic (exact) mass is 188 g/mol. The second-order valence-electron chi connectivity index (χ2n) is 3.88. The van der Waals surface area contributed by atoms with Crippen LogP contribution >= 0.6 is 0 Å². The Hall–Kier alpha value is -1.51. The topological polar surface area (TPSA) is 32.3 Å². The highest BCUT2D eigenvalue weighted by Gasteiger charge is 2.34. The minimum absolute atomic E-state index is 0.234. The van der Waals surface area contributed by atoms with Crippen molar-refractivity contribution in [1.29, 1.82) is 0 Å². The summed E-state index contributed by atoms with van der Waals surface area (Å²) in [6.45, 7) is 0.771. The molecule has 3 heteroatoms. The summed E-state index contributed by atoms with van der Waals surface area (Å²) in [5.74, 6) is 0.275. The Kier molecular flexibility index (Phi) is 1.54. The van der Waals surface area contributed by atoms with E-state index in [1.54, 1.807) is 0 Å². The number of hydrogen-bond donors (Lipinski definition) is 1. The second-order valence-corrected chi connectivity index (χ2v) is 3.88. The molecule has 1 aromatic rings. The third-order valence-electron chi connectivity index (χ3n) is 3.01. The quantitative estimate of drug-likeness (QED) is 0.670. The van der Waals surface area contributed by atoms with Gasteiger partial charge in [0.1, 0.15) is 6.17 Å². The third kappa shape index (κ3) is 1.02. The molecule has 0 radical (unpaired) electrons. The zero-order valence-electron chi connectivity index (χ0n) is 7.86. The molecule has 0 bridgehead atoms. The van der Waals surface area contributed by atoms with E-state index in [9.17, 15) is 4.79 Å². The molecule has 3 nitrogen and oxygen atoms in total. The van der Waals surface area contributed by atoms with E-state index in [2.05, 4.69) is 17.4 Å². The lowest BCUT2D eigenvalue weighted by molar-refractivity contribution is -0.129. The number of carbonyl (C=O) groups excluding carboxylic acids is 1. The van der Waals surface area contributed by atoms with Crippen LogP contribution in [0.3, 0.4) is 0 Å². The first-order valence-electron chi connectivity index (χ1n) is 4.98. The van der Waals surface area contributed by atoms with Crippen LogP contribution < -0.4 is 5.32 Å². The van der Waals surface area contributed by atoms with Crippen molar-refractivity contribution in [3.63, 3.8) is 0 Å². The maximum atomic E-state index is 11.5. The molecular formula is C11H12N2O. The molecule has 14 heavy (non-hydrogen) atoms. The summed E-state index contributed by atoms with van der Waals surface area (Å²) in [4.78, 5) is 13.4. The van der Waals surface area contributed by atoms with Crippen LogP contribution in [0.5, 0.6) is 0 Å². The zero-order valence-corrected chi connectivity index (χ0v) is 7.86. The Morgan fingerprint density at radius 1 is 1.36 bits per heavy atom. The SMILES string of the molecule is O=C1CCC2Nc3ccccc3CN12. The van der Waals surface area contributed by atoms with Gasteiger partial charge >= 0.3 is 0 Å². The average Bonchev–Trinajstić information content (AvgIpc) is 2.57. The van der Waals surface area contributed by atoms with Crippen LogP contribution in [0.15, 0.2) is 24.3 Å². The van der Waals surface area contributed by atoms with Gasteiger partial charge < -0.3 is 10.2 Å². The number of rotatable bonds is 0. The molecule has 0 aliphatic carbocycles. The van der Waals surface area contributed by atoms with Gasteiger partial charge in [-0.15, -0.1) is 0 Å². The molecule has 1 unspecified atom stereocenters. The van der Waals surface area contributed by atoms with Crippen LogP contribution in [0.1, 0.15) is 18.4 Å². The number of anilines is 1. The van der Waals surface area contributed by atoms with Gasteiger partial charge in [-0.2, -0.15) is 0 Å². The minimum atomic E-state index is 0.234. The van der Waals surface area contributed by atoms with Crippen LogP contribution in [-0.2, 0) is 11.3 Å². The molecule has 1 amide bonds. The highest BCUT2D eigenvalue weighted by Crippen LogP contribution is 2.30. The van der Waals surface area contributed by atoms with E-state index < -0.39 is 0 Å². The van der Waals surface area contributed by atoms with Crippen molar-refractivity contribution < 1.29 is 4.79 Å². The summed E-state index contributed by atoms with van der Waals surface area (Å²) in [5.41, 5.74) is 2.41. The zero-order chi connectivity index (χ0) is 9.54. The smallest absolute Gasteiger partial charge is 0.224 e. The molecule has 1 saturated heterocycles. The van der Waals surface area contributed by atoms with Gasteiger partial charge in [0.25, 0.3) is 0 Å². The predicted octanol–water partition coefficient (Wildman–Crippen LogP) is 1.56. The standard InChI is InChI=1S/C11H12N2O/c14-11-6-5-10-12-9-4-2-1-3-8(9)7-13(10)11/h1-4,10,12H,5-7H2. The fourth-order valence-corrected chi connectivity index (χ4v) is 2.24. The summed E-state index contributed by atoms with van der Waals surface area (Å²) in [7, 11) is 0.